The molecule has 0 atom stereocenters. The molecule has 2 N–H and O–H groups in total. The molecule has 4 aromatic rings. The van der Waals surface area contributed by atoms with Crippen molar-refractivity contribution in [1.29, 1.82) is 0 Å². The van der Waals surface area contributed by atoms with Gasteiger partial charge in [-0.25, -0.2) is 4.79 Å². The molecule has 0 radical (unpaired) electrons. The maximum Gasteiger partial charge on any atom is 0.341 e. The number of aryl methyl sites for hydroxylation is 1. The first-order valence-electron chi connectivity index (χ1n) is 13.5. The van der Waals surface area contributed by atoms with E-state index in [4.69, 9.17) is 9.84 Å². The van der Waals surface area contributed by atoms with E-state index in [1.807, 2.05) is 48.5 Å². The third kappa shape index (κ3) is 7.73. The van der Waals surface area contributed by atoms with Crippen LogP contribution in [0.25, 0.3) is 10.9 Å². The quantitative estimate of drug-likeness (QED) is 0.240. The van der Waals surface area contributed by atoms with Gasteiger partial charge in [-0.3, -0.25) is 4.79 Å². The highest BCUT2D eigenvalue weighted by molar-refractivity contribution is 5.99. The first-order valence-corrected chi connectivity index (χ1v) is 13.5. The smallest absolute Gasteiger partial charge is 0.341 e. The van der Waals surface area contributed by atoms with Crippen LogP contribution in [0.15, 0.2) is 66.7 Å². The van der Waals surface area contributed by atoms with Crippen molar-refractivity contribution < 1.29 is 19.4 Å². The third-order valence-corrected chi connectivity index (χ3v) is 6.57. The zero-order valence-electron chi connectivity index (χ0n) is 23.9. The van der Waals surface area contributed by atoms with Gasteiger partial charge < -0.3 is 19.7 Å². The lowest BCUT2D eigenvalue weighted by Crippen LogP contribution is -2.22. The molecule has 0 aliphatic heterocycles. The lowest BCUT2D eigenvalue weighted by Gasteiger charge is -2.11. The van der Waals surface area contributed by atoms with E-state index in [1.54, 1.807) is 6.07 Å². The predicted octanol–water partition coefficient (Wildman–Crippen LogP) is 7.24. The fraction of sp³-hybridized carbons (Fsp3) is 0.333. The fourth-order valence-electron chi connectivity index (χ4n) is 4.40. The molecule has 0 saturated heterocycles. The number of hydrogen-bond acceptors (Lipinski definition) is 3. The Morgan fingerprint density at radius 3 is 2.33 bits per heavy atom. The van der Waals surface area contributed by atoms with Crippen molar-refractivity contribution in [3.05, 3.63) is 100 Å². The number of hydrogen-bond donors (Lipinski definition) is 2. The van der Waals surface area contributed by atoms with Crippen molar-refractivity contribution in [3.8, 4) is 5.75 Å². The molecule has 1 aromatic heterocycles. The van der Waals surface area contributed by atoms with Crippen LogP contribution >= 0.6 is 0 Å². The second-order valence-electron chi connectivity index (χ2n) is 10.1. The first kappa shape index (κ1) is 29.5. The summed E-state index contributed by atoms with van der Waals surface area (Å²) in [5.41, 5.74) is 7.27. The third-order valence-electron chi connectivity index (χ3n) is 6.57. The topological polar surface area (TPSA) is 80.6 Å². The Morgan fingerprint density at radius 1 is 0.949 bits per heavy atom. The molecule has 0 bridgehead atoms. The lowest BCUT2D eigenvalue weighted by atomic mass is 10.0. The standard InChI is InChI=1S/C30H32N2O4.C3H8/c1-19(2)24-9-5-7-22(13-24)16-31-30(35)25-11-12-28-27(15-25)20(3)21(4)32(28)17-23-8-6-10-26(14-23)36-18-29(33)34;1-3-2/h5-15,19H,16-18H2,1-4H3,(H,31,35)(H,33,34);3H2,1-2H3. The van der Waals surface area contributed by atoms with Gasteiger partial charge in [-0.1, -0.05) is 70.5 Å². The van der Waals surface area contributed by atoms with Crippen molar-refractivity contribution in [2.24, 2.45) is 0 Å². The van der Waals surface area contributed by atoms with Crippen LogP contribution in [0, 0.1) is 13.8 Å². The van der Waals surface area contributed by atoms with Crippen molar-refractivity contribution >= 4 is 22.8 Å². The largest absolute Gasteiger partial charge is 0.482 e. The second kappa shape index (κ2) is 13.7. The first-order chi connectivity index (χ1) is 18.6. The van der Waals surface area contributed by atoms with Crippen LogP contribution in [0.1, 0.15) is 78.3 Å². The summed E-state index contributed by atoms with van der Waals surface area (Å²) >= 11 is 0. The van der Waals surface area contributed by atoms with Crippen molar-refractivity contribution in [2.45, 2.75) is 67.0 Å². The highest BCUT2D eigenvalue weighted by atomic mass is 16.5. The number of rotatable bonds is 9. The molecule has 4 rings (SSSR count). The van der Waals surface area contributed by atoms with E-state index in [0.29, 0.717) is 30.3 Å². The summed E-state index contributed by atoms with van der Waals surface area (Å²) in [6.45, 7) is 13.4. The van der Waals surface area contributed by atoms with Gasteiger partial charge in [0, 0.05) is 35.2 Å². The van der Waals surface area contributed by atoms with Gasteiger partial charge in [0.25, 0.3) is 5.91 Å². The molecule has 3 aromatic carbocycles. The van der Waals surface area contributed by atoms with E-state index in [2.05, 4.69) is 63.6 Å². The summed E-state index contributed by atoms with van der Waals surface area (Å²) in [6, 6.07) is 21.6. The molecule has 0 spiro atoms. The number of benzene rings is 3. The minimum absolute atomic E-state index is 0.0973. The molecule has 1 heterocycles. The average Bonchev–Trinajstić information content (AvgIpc) is 3.15. The number of carboxylic acids is 1. The number of amides is 1. The number of aromatic nitrogens is 1. The number of carbonyl (C=O) groups excluding carboxylic acids is 1. The highest BCUT2D eigenvalue weighted by Gasteiger charge is 2.15. The van der Waals surface area contributed by atoms with Crippen molar-refractivity contribution in [1.82, 2.24) is 9.88 Å². The van der Waals surface area contributed by atoms with Gasteiger partial charge >= 0.3 is 5.97 Å². The van der Waals surface area contributed by atoms with Gasteiger partial charge in [0.15, 0.2) is 6.61 Å². The maximum atomic E-state index is 12.9. The number of nitrogens with zero attached hydrogens (tertiary/aromatic N) is 1. The van der Waals surface area contributed by atoms with E-state index in [9.17, 15) is 9.59 Å². The molecule has 6 nitrogen and oxygen atoms in total. The Bertz CT molecular complexity index is 1440. The summed E-state index contributed by atoms with van der Waals surface area (Å²) < 4.78 is 7.54. The minimum Gasteiger partial charge on any atom is -0.482 e. The van der Waals surface area contributed by atoms with Crippen LogP contribution < -0.4 is 10.1 Å². The summed E-state index contributed by atoms with van der Waals surface area (Å²) in [5.74, 6) is -0.135. The molecular weight excluding hydrogens is 488 g/mol. The van der Waals surface area contributed by atoms with Gasteiger partial charge in [-0.15, -0.1) is 0 Å². The minimum atomic E-state index is -1.01. The van der Waals surface area contributed by atoms with Gasteiger partial charge in [-0.2, -0.15) is 0 Å². The summed E-state index contributed by atoms with van der Waals surface area (Å²) in [7, 11) is 0. The number of aliphatic carboxylic acids is 1. The number of fused-ring (bicyclic) bond motifs is 1. The van der Waals surface area contributed by atoms with E-state index >= 15 is 0 Å². The van der Waals surface area contributed by atoms with Gasteiger partial charge in [0.05, 0.1) is 0 Å². The molecule has 0 fully saturated rings. The van der Waals surface area contributed by atoms with E-state index < -0.39 is 5.97 Å². The van der Waals surface area contributed by atoms with Gasteiger partial charge in [0.2, 0.25) is 0 Å². The Hall–Kier alpha value is -4.06. The van der Waals surface area contributed by atoms with Crippen LogP contribution in [0.5, 0.6) is 5.75 Å². The summed E-state index contributed by atoms with van der Waals surface area (Å²) in [6.07, 6.45) is 1.25. The van der Waals surface area contributed by atoms with Crippen LogP contribution in [0.3, 0.4) is 0 Å². The average molecular weight is 529 g/mol. The molecule has 0 unspecified atom stereocenters. The maximum absolute atomic E-state index is 12.9. The lowest BCUT2D eigenvalue weighted by molar-refractivity contribution is -0.139. The molecule has 0 aliphatic rings. The zero-order valence-corrected chi connectivity index (χ0v) is 23.9. The molecule has 1 amide bonds. The highest BCUT2D eigenvalue weighted by Crippen LogP contribution is 2.28. The van der Waals surface area contributed by atoms with Crippen LogP contribution in [-0.4, -0.2) is 28.2 Å². The number of carboxylic acid groups (broad SMARTS) is 1. The Kier molecular flexibility index (Phi) is 10.3. The van der Waals surface area contributed by atoms with Crippen LogP contribution in [0.2, 0.25) is 0 Å². The Morgan fingerprint density at radius 2 is 1.64 bits per heavy atom. The zero-order chi connectivity index (χ0) is 28.5. The Labute approximate surface area is 231 Å². The Balaban J connectivity index is 0.00000134. The van der Waals surface area contributed by atoms with Gasteiger partial charge in [0.1, 0.15) is 5.75 Å². The molecule has 0 aliphatic carbocycles. The number of ether oxygens (including phenoxy) is 1. The van der Waals surface area contributed by atoms with Gasteiger partial charge in [-0.05, 0) is 72.4 Å². The molecule has 6 heteroatoms. The number of nitrogens with one attached hydrogen (secondary N) is 1. The monoisotopic (exact) mass is 528 g/mol. The molecular formula is C33H40N2O4. The normalized spacial score (nSPS) is 10.7. The van der Waals surface area contributed by atoms with E-state index in [1.165, 1.54) is 12.0 Å². The van der Waals surface area contributed by atoms with Crippen LogP contribution in [-0.2, 0) is 17.9 Å². The van der Waals surface area contributed by atoms with E-state index in [-0.39, 0.29) is 12.5 Å². The second-order valence-corrected chi connectivity index (χ2v) is 10.1. The molecule has 0 saturated carbocycles. The fourth-order valence-corrected chi connectivity index (χ4v) is 4.40. The summed E-state index contributed by atoms with van der Waals surface area (Å²) in [4.78, 5) is 23.8. The van der Waals surface area contributed by atoms with Crippen LogP contribution in [0.4, 0.5) is 0 Å². The predicted molar refractivity (Wildman–Crippen MR) is 158 cm³/mol. The van der Waals surface area contributed by atoms with Crippen molar-refractivity contribution in [2.75, 3.05) is 6.61 Å². The number of carbonyl (C=O) groups is 2. The summed E-state index contributed by atoms with van der Waals surface area (Å²) in [5, 5.41) is 13.0. The van der Waals surface area contributed by atoms with E-state index in [0.717, 1.165) is 33.3 Å². The SMILES string of the molecule is CCC.Cc1c(C)n(Cc2cccc(OCC(=O)O)c2)c2ccc(C(=O)NCc3cccc(C(C)C)c3)cc12. The van der Waals surface area contributed by atoms with Crippen molar-refractivity contribution in [3.63, 3.8) is 0 Å². The molecule has 206 valence electrons. The molecule has 39 heavy (non-hydrogen) atoms.